The Bertz CT molecular complexity index is 400. The Morgan fingerprint density at radius 1 is 1.29 bits per heavy atom. The number of β-lactam (4-membered cyclic amide) rings is 1. The van der Waals surface area contributed by atoms with Crippen LogP contribution >= 0.6 is 0 Å². The van der Waals surface area contributed by atoms with Gasteiger partial charge in [-0.05, 0) is 25.0 Å². The molecule has 0 radical (unpaired) electrons. The van der Waals surface area contributed by atoms with Crippen molar-refractivity contribution in [3.8, 4) is 0 Å². The van der Waals surface area contributed by atoms with Crippen molar-refractivity contribution in [3.63, 3.8) is 0 Å². The van der Waals surface area contributed by atoms with Crippen molar-refractivity contribution in [1.82, 2.24) is 0 Å². The second-order valence-electron chi connectivity index (χ2n) is 3.74. The molecule has 0 saturated carbocycles. The lowest BCUT2D eigenvalue weighted by molar-refractivity contribution is -0.117. The fraction of sp³-hybridized carbons (Fsp3) is 0.250. The number of carbonyl (C=O) groups excluding carboxylic acids is 1. The van der Waals surface area contributed by atoms with Gasteiger partial charge in [-0.25, -0.2) is 0 Å². The van der Waals surface area contributed by atoms with Crippen molar-refractivity contribution in [2.24, 2.45) is 0 Å². The van der Waals surface area contributed by atoms with Crippen LogP contribution in [-0.2, 0) is 4.79 Å². The van der Waals surface area contributed by atoms with Crippen molar-refractivity contribution < 1.29 is 4.79 Å². The molecule has 0 bridgehead atoms. The van der Waals surface area contributed by atoms with Crippen LogP contribution in [-0.4, -0.2) is 12.5 Å². The Balaban J connectivity index is 2.42. The van der Waals surface area contributed by atoms with E-state index in [1.807, 2.05) is 32.0 Å². The van der Waals surface area contributed by atoms with E-state index < -0.39 is 0 Å². The van der Waals surface area contributed by atoms with Gasteiger partial charge in [0.1, 0.15) is 0 Å². The average Bonchev–Trinajstić information content (AvgIpc) is 2.16. The number of nitrogens with zero attached hydrogens (tertiary/aromatic N) is 1. The third-order valence-corrected chi connectivity index (χ3v) is 2.61. The maximum atomic E-state index is 11.5. The van der Waals surface area contributed by atoms with E-state index in [0.29, 0.717) is 12.1 Å². The van der Waals surface area contributed by atoms with Gasteiger partial charge < -0.3 is 4.90 Å². The van der Waals surface area contributed by atoms with Crippen LogP contribution in [0.3, 0.4) is 0 Å². The van der Waals surface area contributed by atoms with Crippen LogP contribution in [0.1, 0.15) is 11.1 Å². The van der Waals surface area contributed by atoms with Crippen molar-refractivity contribution in [2.75, 3.05) is 11.4 Å². The monoisotopic (exact) mass is 187 g/mol. The fourth-order valence-corrected chi connectivity index (χ4v) is 1.84. The summed E-state index contributed by atoms with van der Waals surface area (Å²) in [5, 5.41) is 0. The van der Waals surface area contributed by atoms with Crippen LogP contribution in [0.15, 0.2) is 30.4 Å². The Kier molecular flexibility index (Phi) is 1.92. The molecule has 2 heteroatoms. The molecule has 1 amide bonds. The van der Waals surface area contributed by atoms with Gasteiger partial charge >= 0.3 is 0 Å². The van der Waals surface area contributed by atoms with Crippen molar-refractivity contribution >= 4 is 11.6 Å². The van der Waals surface area contributed by atoms with Gasteiger partial charge in [0.25, 0.3) is 5.91 Å². The van der Waals surface area contributed by atoms with Crippen LogP contribution in [0, 0.1) is 13.8 Å². The van der Waals surface area contributed by atoms with Gasteiger partial charge in [-0.1, -0.05) is 24.8 Å². The smallest absolute Gasteiger partial charge is 0.255 e. The zero-order valence-electron chi connectivity index (χ0n) is 8.50. The lowest BCUT2D eigenvalue weighted by Gasteiger charge is -2.34. The van der Waals surface area contributed by atoms with E-state index in [4.69, 9.17) is 0 Å². The number of hydrogen-bond donors (Lipinski definition) is 0. The predicted octanol–water partition coefficient (Wildman–Crippen LogP) is 2.21. The number of para-hydroxylation sites is 1. The number of anilines is 1. The van der Waals surface area contributed by atoms with Crippen LogP contribution in [0.4, 0.5) is 5.69 Å². The first-order chi connectivity index (χ1) is 6.61. The molecule has 0 N–H and O–H groups in total. The molecule has 1 aliphatic heterocycles. The molecule has 1 aromatic carbocycles. The first-order valence-corrected chi connectivity index (χ1v) is 4.67. The Hall–Kier alpha value is -1.57. The third-order valence-electron chi connectivity index (χ3n) is 2.61. The summed E-state index contributed by atoms with van der Waals surface area (Å²) in [5.74, 6) is 0.0578. The van der Waals surface area contributed by atoms with Crippen molar-refractivity contribution in [1.29, 1.82) is 0 Å². The second kappa shape index (κ2) is 2.98. The van der Waals surface area contributed by atoms with E-state index >= 15 is 0 Å². The lowest BCUT2D eigenvalue weighted by Crippen LogP contribution is -2.46. The van der Waals surface area contributed by atoms with Crippen LogP contribution in [0.2, 0.25) is 0 Å². The molecule has 0 atom stereocenters. The highest BCUT2D eigenvalue weighted by atomic mass is 16.2. The highest BCUT2D eigenvalue weighted by Crippen LogP contribution is 2.30. The lowest BCUT2D eigenvalue weighted by atomic mass is 10.0. The Morgan fingerprint density at radius 2 is 1.86 bits per heavy atom. The molecule has 0 aliphatic carbocycles. The number of hydrogen-bond acceptors (Lipinski definition) is 1. The molecule has 1 heterocycles. The molecular formula is C12H13NO. The van der Waals surface area contributed by atoms with E-state index in [1.54, 1.807) is 4.90 Å². The Labute approximate surface area is 83.8 Å². The minimum Gasteiger partial charge on any atom is -0.303 e. The maximum Gasteiger partial charge on any atom is 0.255 e. The van der Waals surface area contributed by atoms with Gasteiger partial charge in [-0.2, -0.15) is 0 Å². The number of carbonyl (C=O) groups is 1. The summed E-state index contributed by atoms with van der Waals surface area (Å²) < 4.78 is 0. The first kappa shape index (κ1) is 9.00. The second-order valence-corrected chi connectivity index (χ2v) is 3.74. The average molecular weight is 187 g/mol. The molecule has 1 fully saturated rings. The molecule has 14 heavy (non-hydrogen) atoms. The highest BCUT2D eigenvalue weighted by molar-refractivity contribution is 6.13. The van der Waals surface area contributed by atoms with Gasteiger partial charge in [-0.3, -0.25) is 4.79 Å². The standard InChI is InChI=1S/C12H13NO/c1-8-5-4-6-9(2)11(8)13-7-10(3)12(13)14/h4-6H,3,7H2,1-2H3. The van der Waals surface area contributed by atoms with E-state index in [0.717, 1.165) is 16.8 Å². The van der Waals surface area contributed by atoms with E-state index in [-0.39, 0.29) is 5.91 Å². The summed E-state index contributed by atoms with van der Waals surface area (Å²) in [6, 6.07) is 6.06. The molecule has 1 aliphatic rings. The summed E-state index contributed by atoms with van der Waals surface area (Å²) in [7, 11) is 0. The SMILES string of the molecule is C=C1CN(c2c(C)cccc2C)C1=O. The minimum absolute atomic E-state index is 0.0578. The molecule has 0 aromatic heterocycles. The van der Waals surface area contributed by atoms with Crippen LogP contribution in [0.5, 0.6) is 0 Å². The van der Waals surface area contributed by atoms with Gasteiger partial charge in [0.2, 0.25) is 0 Å². The van der Waals surface area contributed by atoms with Crippen molar-refractivity contribution in [3.05, 3.63) is 41.5 Å². The number of aryl methyl sites for hydroxylation is 2. The third kappa shape index (κ3) is 1.15. The van der Waals surface area contributed by atoms with E-state index in [9.17, 15) is 4.79 Å². The van der Waals surface area contributed by atoms with E-state index in [1.165, 1.54) is 0 Å². The topological polar surface area (TPSA) is 20.3 Å². The number of benzene rings is 1. The molecule has 1 saturated heterocycles. The molecule has 1 aromatic rings. The summed E-state index contributed by atoms with van der Waals surface area (Å²) in [6.07, 6.45) is 0. The fourth-order valence-electron chi connectivity index (χ4n) is 1.84. The molecule has 0 spiro atoms. The van der Waals surface area contributed by atoms with Gasteiger partial charge in [-0.15, -0.1) is 0 Å². The van der Waals surface area contributed by atoms with E-state index in [2.05, 4.69) is 6.58 Å². The molecule has 0 unspecified atom stereocenters. The quantitative estimate of drug-likeness (QED) is 0.487. The van der Waals surface area contributed by atoms with Gasteiger partial charge in [0.15, 0.2) is 0 Å². The van der Waals surface area contributed by atoms with Gasteiger partial charge in [0.05, 0.1) is 12.2 Å². The zero-order chi connectivity index (χ0) is 10.3. The summed E-state index contributed by atoms with van der Waals surface area (Å²) in [4.78, 5) is 13.3. The number of amides is 1. The number of rotatable bonds is 1. The molecule has 2 rings (SSSR count). The summed E-state index contributed by atoms with van der Waals surface area (Å²) in [5.41, 5.74) is 4.04. The molecule has 72 valence electrons. The van der Waals surface area contributed by atoms with Gasteiger partial charge in [0, 0.05) is 5.57 Å². The largest absolute Gasteiger partial charge is 0.303 e. The summed E-state index contributed by atoms with van der Waals surface area (Å²) in [6.45, 7) is 8.41. The zero-order valence-corrected chi connectivity index (χ0v) is 8.50. The van der Waals surface area contributed by atoms with Crippen molar-refractivity contribution in [2.45, 2.75) is 13.8 Å². The highest BCUT2D eigenvalue weighted by Gasteiger charge is 2.31. The van der Waals surface area contributed by atoms with Crippen LogP contribution < -0.4 is 4.90 Å². The molecule has 2 nitrogen and oxygen atoms in total. The summed E-state index contributed by atoms with van der Waals surface area (Å²) >= 11 is 0. The first-order valence-electron chi connectivity index (χ1n) is 4.67. The van der Waals surface area contributed by atoms with Crippen LogP contribution in [0.25, 0.3) is 0 Å². The minimum atomic E-state index is 0.0578. The normalized spacial score (nSPS) is 15.7. The Morgan fingerprint density at radius 3 is 2.29 bits per heavy atom. The maximum absolute atomic E-state index is 11.5. The molecular weight excluding hydrogens is 174 g/mol. The predicted molar refractivity (Wildman–Crippen MR) is 57.4 cm³/mol.